The molecule has 8 rings (SSSR count). The van der Waals surface area contributed by atoms with Gasteiger partial charge < -0.3 is 4.90 Å². The fraction of sp³-hybridized carbons (Fsp3) is 0. The van der Waals surface area contributed by atoms with Crippen molar-refractivity contribution >= 4 is 49.4 Å². The van der Waals surface area contributed by atoms with Crippen LogP contribution in [0.2, 0.25) is 0 Å². The van der Waals surface area contributed by atoms with Crippen molar-refractivity contribution in [2.45, 2.75) is 0 Å². The van der Waals surface area contributed by atoms with E-state index in [9.17, 15) is 0 Å². The van der Waals surface area contributed by atoms with Crippen molar-refractivity contribution < 1.29 is 0 Å². The van der Waals surface area contributed by atoms with Crippen LogP contribution in [0.1, 0.15) is 0 Å². The smallest absolute Gasteiger partial charge is 0.0540 e. The van der Waals surface area contributed by atoms with Gasteiger partial charge >= 0.3 is 0 Å². The zero-order valence-electron chi connectivity index (χ0n) is 23.7. The fourth-order valence-electron chi connectivity index (χ4n) is 6.42. The first kappa shape index (κ1) is 25.1. The minimum absolute atomic E-state index is 1.12. The Labute approximate surface area is 251 Å². The standard InChI is InChI=1S/C42H29N/c1-4-13-30(14-5-1)34-26-28-41(39(29-34)31-15-6-2-7-16-31)43(35-18-8-3-9-19-35)40-22-12-21-38-37(40)27-25-33-24-23-32-17-10-11-20-36(32)42(33)38/h1-29H. The van der Waals surface area contributed by atoms with E-state index < -0.39 is 0 Å². The first-order valence-corrected chi connectivity index (χ1v) is 14.8. The van der Waals surface area contributed by atoms with Crippen molar-refractivity contribution in [3.8, 4) is 22.3 Å². The zero-order valence-corrected chi connectivity index (χ0v) is 23.7. The van der Waals surface area contributed by atoms with Crippen molar-refractivity contribution in [2.75, 3.05) is 4.90 Å². The Morgan fingerprint density at radius 2 is 0.953 bits per heavy atom. The summed E-state index contributed by atoms with van der Waals surface area (Å²) in [5, 5.41) is 7.58. The SMILES string of the molecule is c1ccc(-c2ccc(N(c3ccccc3)c3cccc4c3ccc3ccc5ccccc5c34)c(-c3ccccc3)c2)cc1. The maximum atomic E-state index is 2.43. The van der Waals surface area contributed by atoms with Crippen LogP contribution in [0, 0.1) is 0 Å². The van der Waals surface area contributed by atoms with Crippen molar-refractivity contribution in [2.24, 2.45) is 0 Å². The van der Waals surface area contributed by atoms with Gasteiger partial charge in [0.05, 0.1) is 11.4 Å². The van der Waals surface area contributed by atoms with E-state index in [1.807, 2.05) is 0 Å². The number of fused-ring (bicyclic) bond motifs is 5. The Balaban J connectivity index is 1.43. The molecule has 0 fully saturated rings. The third kappa shape index (κ3) is 4.43. The maximum absolute atomic E-state index is 2.43. The van der Waals surface area contributed by atoms with Crippen molar-refractivity contribution in [3.05, 3.63) is 176 Å². The van der Waals surface area contributed by atoms with E-state index in [1.54, 1.807) is 0 Å². The van der Waals surface area contributed by atoms with Crippen LogP contribution in [0.5, 0.6) is 0 Å². The molecule has 0 radical (unpaired) electrons. The number of nitrogens with zero attached hydrogens (tertiary/aromatic N) is 1. The summed E-state index contributed by atoms with van der Waals surface area (Å²) in [4.78, 5) is 2.43. The summed E-state index contributed by atoms with van der Waals surface area (Å²) in [6.07, 6.45) is 0. The fourth-order valence-corrected chi connectivity index (χ4v) is 6.42. The predicted molar refractivity (Wildman–Crippen MR) is 185 cm³/mol. The lowest BCUT2D eigenvalue weighted by molar-refractivity contribution is 1.30. The zero-order chi connectivity index (χ0) is 28.6. The Morgan fingerprint density at radius 3 is 1.74 bits per heavy atom. The summed E-state index contributed by atoms with van der Waals surface area (Å²) in [5.74, 6) is 0. The summed E-state index contributed by atoms with van der Waals surface area (Å²) in [6.45, 7) is 0. The maximum Gasteiger partial charge on any atom is 0.0540 e. The summed E-state index contributed by atoms with van der Waals surface area (Å²) < 4.78 is 0. The van der Waals surface area contributed by atoms with Gasteiger partial charge in [0, 0.05) is 16.6 Å². The van der Waals surface area contributed by atoms with E-state index in [1.165, 1.54) is 54.6 Å². The van der Waals surface area contributed by atoms with Gasteiger partial charge in [-0.25, -0.2) is 0 Å². The number of hydrogen-bond acceptors (Lipinski definition) is 1. The molecular weight excluding hydrogens is 518 g/mol. The molecule has 0 saturated heterocycles. The van der Waals surface area contributed by atoms with E-state index in [4.69, 9.17) is 0 Å². The second-order valence-corrected chi connectivity index (χ2v) is 11.0. The molecule has 0 unspecified atom stereocenters. The molecule has 43 heavy (non-hydrogen) atoms. The highest BCUT2D eigenvalue weighted by atomic mass is 15.1. The Bertz CT molecular complexity index is 2220. The molecule has 0 aliphatic carbocycles. The van der Waals surface area contributed by atoms with E-state index in [0.29, 0.717) is 0 Å². The van der Waals surface area contributed by atoms with Gasteiger partial charge in [-0.05, 0) is 74.0 Å². The average molecular weight is 548 g/mol. The summed E-state index contributed by atoms with van der Waals surface area (Å²) in [6, 6.07) is 63.5. The van der Waals surface area contributed by atoms with Crippen LogP contribution in [0.4, 0.5) is 17.1 Å². The molecule has 0 bridgehead atoms. The van der Waals surface area contributed by atoms with Gasteiger partial charge in [0.2, 0.25) is 0 Å². The highest BCUT2D eigenvalue weighted by molar-refractivity contribution is 6.22. The lowest BCUT2D eigenvalue weighted by atomic mass is 9.94. The van der Waals surface area contributed by atoms with Crippen molar-refractivity contribution in [3.63, 3.8) is 0 Å². The molecule has 1 heteroatoms. The third-order valence-electron chi connectivity index (χ3n) is 8.43. The van der Waals surface area contributed by atoms with Crippen LogP contribution >= 0.6 is 0 Å². The lowest BCUT2D eigenvalue weighted by Gasteiger charge is -2.29. The Kier molecular flexibility index (Phi) is 6.20. The molecule has 8 aromatic rings. The first-order chi connectivity index (χ1) is 21.3. The van der Waals surface area contributed by atoms with Gasteiger partial charge in [0.25, 0.3) is 0 Å². The van der Waals surface area contributed by atoms with Gasteiger partial charge in [-0.15, -0.1) is 0 Å². The molecule has 0 heterocycles. The molecule has 202 valence electrons. The largest absolute Gasteiger partial charge is 0.309 e. The highest BCUT2D eigenvalue weighted by Crippen LogP contribution is 2.46. The molecule has 0 N–H and O–H groups in total. The van der Waals surface area contributed by atoms with E-state index in [0.717, 1.165) is 17.1 Å². The molecule has 1 nitrogen and oxygen atoms in total. The van der Waals surface area contributed by atoms with Crippen LogP contribution in [0.15, 0.2) is 176 Å². The van der Waals surface area contributed by atoms with Crippen LogP contribution in [-0.2, 0) is 0 Å². The number of hydrogen-bond donors (Lipinski definition) is 0. The minimum atomic E-state index is 1.12. The molecule has 0 atom stereocenters. The van der Waals surface area contributed by atoms with Crippen molar-refractivity contribution in [1.29, 1.82) is 0 Å². The van der Waals surface area contributed by atoms with Gasteiger partial charge in [0.1, 0.15) is 0 Å². The molecule has 0 aliphatic rings. The predicted octanol–water partition coefficient (Wildman–Crippen LogP) is 11.9. The Hall–Kier alpha value is -5.66. The number of rotatable bonds is 5. The molecule has 8 aromatic carbocycles. The molecule has 0 aromatic heterocycles. The molecular formula is C42H29N. The Morgan fingerprint density at radius 1 is 0.326 bits per heavy atom. The van der Waals surface area contributed by atoms with Gasteiger partial charge in [0.15, 0.2) is 0 Å². The van der Waals surface area contributed by atoms with Gasteiger partial charge in [-0.1, -0.05) is 146 Å². The molecule has 0 amide bonds. The van der Waals surface area contributed by atoms with Crippen LogP contribution < -0.4 is 4.90 Å². The minimum Gasteiger partial charge on any atom is -0.309 e. The highest BCUT2D eigenvalue weighted by Gasteiger charge is 2.20. The third-order valence-corrected chi connectivity index (χ3v) is 8.43. The summed E-state index contributed by atoms with van der Waals surface area (Å²) in [7, 11) is 0. The van der Waals surface area contributed by atoms with E-state index >= 15 is 0 Å². The number of para-hydroxylation sites is 1. The average Bonchev–Trinajstić information content (AvgIpc) is 3.09. The monoisotopic (exact) mass is 547 g/mol. The summed E-state index contributed by atoms with van der Waals surface area (Å²) in [5.41, 5.74) is 8.21. The van der Waals surface area contributed by atoms with E-state index in [2.05, 4.69) is 181 Å². The van der Waals surface area contributed by atoms with Crippen LogP contribution in [-0.4, -0.2) is 0 Å². The molecule has 0 spiro atoms. The van der Waals surface area contributed by atoms with Gasteiger partial charge in [-0.2, -0.15) is 0 Å². The molecule has 0 aliphatic heterocycles. The van der Waals surface area contributed by atoms with Crippen molar-refractivity contribution in [1.82, 2.24) is 0 Å². The second kappa shape index (κ2) is 10.6. The lowest BCUT2D eigenvalue weighted by Crippen LogP contribution is -2.12. The number of anilines is 3. The van der Waals surface area contributed by atoms with E-state index in [-0.39, 0.29) is 0 Å². The first-order valence-electron chi connectivity index (χ1n) is 14.8. The molecule has 0 saturated carbocycles. The van der Waals surface area contributed by atoms with Crippen LogP contribution in [0.3, 0.4) is 0 Å². The topological polar surface area (TPSA) is 3.24 Å². The summed E-state index contributed by atoms with van der Waals surface area (Å²) >= 11 is 0. The van der Waals surface area contributed by atoms with Gasteiger partial charge in [-0.3, -0.25) is 0 Å². The normalized spacial score (nSPS) is 11.3. The second-order valence-electron chi connectivity index (χ2n) is 11.0. The number of benzene rings is 8. The quantitative estimate of drug-likeness (QED) is 0.194. The van der Waals surface area contributed by atoms with Crippen LogP contribution in [0.25, 0.3) is 54.6 Å².